The fraction of sp³-hybridized carbons (Fsp3) is 0.241. The number of piperazine rings is 1. The number of benzene rings is 2. The molecular formula is C29H31N7O. The average Bonchev–Trinajstić information content (AvgIpc) is 2.95. The first-order valence-electron chi connectivity index (χ1n) is 13.7. The van der Waals surface area contributed by atoms with E-state index in [2.05, 4.69) is 30.5 Å². The zero-order chi connectivity index (χ0) is 28.1. The van der Waals surface area contributed by atoms with Crippen LogP contribution < -0.4 is 10.6 Å². The van der Waals surface area contributed by atoms with Crippen molar-refractivity contribution in [3.05, 3.63) is 95.9 Å². The third-order valence-corrected chi connectivity index (χ3v) is 6.34. The van der Waals surface area contributed by atoms with Crippen molar-refractivity contribution in [2.45, 2.75) is 13.5 Å². The van der Waals surface area contributed by atoms with Gasteiger partial charge in [0.2, 0.25) is 5.95 Å². The Balaban J connectivity index is 1.16. The van der Waals surface area contributed by atoms with Gasteiger partial charge in [0.15, 0.2) is 0 Å². The third kappa shape index (κ3) is 6.35. The van der Waals surface area contributed by atoms with Gasteiger partial charge in [0, 0.05) is 77.9 Å². The number of aromatic nitrogens is 3. The molecule has 2 aromatic carbocycles. The maximum absolute atomic E-state index is 12.9. The van der Waals surface area contributed by atoms with E-state index in [-0.39, 0.29) is 5.91 Å². The lowest BCUT2D eigenvalue weighted by atomic mass is 10.1. The molecule has 5 rings (SSSR count). The molecule has 1 amide bonds. The highest BCUT2D eigenvalue weighted by atomic mass is 16.1. The van der Waals surface area contributed by atoms with Gasteiger partial charge in [0.1, 0.15) is 0 Å². The Morgan fingerprint density at radius 2 is 1.86 bits per heavy atom. The number of nitrogens with zero attached hydrogens (tertiary/aromatic N) is 5. The van der Waals surface area contributed by atoms with Crippen LogP contribution in [-0.4, -0.2) is 63.8 Å². The lowest BCUT2D eigenvalue weighted by Crippen LogP contribution is -2.43. The molecule has 2 aromatic heterocycles. The molecule has 1 aliphatic rings. The van der Waals surface area contributed by atoms with E-state index in [1.54, 1.807) is 18.6 Å². The second kappa shape index (κ2) is 11.3. The van der Waals surface area contributed by atoms with Crippen molar-refractivity contribution in [2.24, 2.45) is 0 Å². The number of rotatable bonds is 7. The molecule has 4 aromatic rings. The minimum absolute atomic E-state index is 0.189. The Kier molecular flexibility index (Phi) is 6.40. The van der Waals surface area contributed by atoms with E-state index in [4.69, 9.17) is 4.11 Å². The molecule has 0 bridgehead atoms. The van der Waals surface area contributed by atoms with Crippen LogP contribution in [0.25, 0.3) is 11.3 Å². The first-order chi connectivity index (χ1) is 19.2. The summed E-state index contributed by atoms with van der Waals surface area (Å²) in [6, 6.07) is 18.8. The van der Waals surface area contributed by atoms with Crippen LogP contribution in [0.2, 0.25) is 0 Å². The number of pyridine rings is 1. The Hall–Kier alpha value is -4.14. The van der Waals surface area contributed by atoms with Gasteiger partial charge in [-0.05, 0) is 73.6 Å². The summed E-state index contributed by atoms with van der Waals surface area (Å²) in [5, 5.41) is 6.22. The van der Waals surface area contributed by atoms with Crippen molar-refractivity contribution in [3.8, 4) is 11.3 Å². The number of carbonyl (C=O) groups is 1. The van der Waals surface area contributed by atoms with E-state index in [0.717, 1.165) is 34.6 Å². The second-order valence-electron chi connectivity index (χ2n) is 9.08. The van der Waals surface area contributed by atoms with E-state index in [0.29, 0.717) is 43.4 Å². The number of aryl methyl sites for hydroxylation is 1. The largest absolute Gasteiger partial charge is 0.324 e. The van der Waals surface area contributed by atoms with Crippen molar-refractivity contribution in [3.63, 3.8) is 0 Å². The fourth-order valence-corrected chi connectivity index (χ4v) is 4.23. The number of carbonyl (C=O) groups excluding carboxylic acids is 1. The van der Waals surface area contributed by atoms with Gasteiger partial charge >= 0.3 is 0 Å². The molecule has 0 unspecified atom stereocenters. The summed E-state index contributed by atoms with van der Waals surface area (Å²) in [7, 11) is 0. The zero-order valence-electron chi connectivity index (χ0n) is 23.7. The standard InChI is InChI=1S/C29H31N7O/c1-21-18-25(9-10-26(21)33-29-31-13-11-27(34-29)24-4-3-12-30-19-24)32-28(37)23-7-5-22(6-8-23)20-36-16-14-35(2)15-17-36/h3-13,18-19H,14-17,20H2,1-2H3,(H,32,37)(H,31,33,34)/i2D3. The minimum atomic E-state index is -2.03. The van der Waals surface area contributed by atoms with Gasteiger partial charge in [-0.3, -0.25) is 14.7 Å². The lowest BCUT2D eigenvalue weighted by Gasteiger charge is -2.32. The van der Waals surface area contributed by atoms with Crippen LogP contribution in [0.15, 0.2) is 79.3 Å². The fourth-order valence-electron chi connectivity index (χ4n) is 4.23. The Morgan fingerprint density at radius 3 is 2.59 bits per heavy atom. The predicted octanol–water partition coefficient (Wildman–Crippen LogP) is 4.59. The molecule has 0 radical (unpaired) electrons. The summed E-state index contributed by atoms with van der Waals surface area (Å²) >= 11 is 0. The maximum Gasteiger partial charge on any atom is 0.255 e. The average molecular weight is 497 g/mol. The number of hydrogen-bond acceptors (Lipinski definition) is 7. The third-order valence-electron chi connectivity index (χ3n) is 6.34. The van der Waals surface area contributed by atoms with E-state index < -0.39 is 6.98 Å². The summed E-state index contributed by atoms with van der Waals surface area (Å²) in [6.45, 7) is 3.09. The van der Waals surface area contributed by atoms with Gasteiger partial charge in [-0.1, -0.05) is 12.1 Å². The molecule has 1 saturated heterocycles. The number of likely N-dealkylation sites (N-methyl/N-ethyl adjacent to an activating group) is 1. The molecule has 0 aliphatic carbocycles. The summed E-state index contributed by atoms with van der Waals surface area (Å²) < 4.78 is 22.7. The monoisotopic (exact) mass is 496 g/mol. The molecule has 1 fully saturated rings. The van der Waals surface area contributed by atoms with Gasteiger partial charge in [0.05, 0.1) is 5.69 Å². The minimum Gasteiger partial charge on any atom is -0.324 e. The SMILES string of the molecule is [2H]C([2H])([2H])N1CCN(Cc2ccc(C(=O)Nc3ccc(Nc4nccc(-c5cccnc5)n4)c(C)c3)cc2)CC1. The summed E-state index contributed by atoms with van der Waals surface area (Å²) in [6.07, 6.45) is 5.18. The summed E-state index contributed by atoms with van der Waals surface area (Å²) in [5.41, 5.74) is 5.79. The zero-order valence-corrected chi connectivity index (χ0v) is 20.7. The summed E-state index contributed by atoms with van der Waals surface area (Å²) in [4.78, 5) is 29.7. The van der Waals surface area contributed by atoms with Crippen LogP contribution in [0.5, 0.6) is 0 Å². The Bertz CT molecular complexity index is 1450. The highest BCUT2D eigenvalue weighted by Gasteiger charge is 2.14. The molecule has 1 aliphatic heterocycles. The van der Waals surface area contributed by atoms with Gasteiger partial charge in [-0.25, -0.2) is 9.97 Å². The first-order valence-corrected chi connectivity index (χ1v) is 12.2. The normalized spacial score (nSPS) is 15.9. The van der Waals surface area contributed by atoms with Crippen molar-refractivity contribution >= 4 is 23.2 Å². The van der Waals surface area contributed by atoms with E-state index in [1.807, 2.05) is 67.6 Å². The molecule has 0 spiro atoms. The van der Waals surface area contributed by atoms with Crippen LogP contribution in [-0.2, 0) is 6.54 Å². The summed E-state index contributed by atoms with van der Waals surface area (Å²) in [5.74, 6) is 0.283. The second-order valence-corrected chi connectivity index (χ2v) is 9.08. The number of nitrogens with one attached hydrogen (secondary N) is 2. The number of amides is 1. The molecule has 0 atom stereocenters. The highest BCUT2D eigenvalue weighted by molar-refractivity contribution is 6.04. The van der Waals surface area contributed by atoms with Gasteiger partial charge < -0.3 is 15.5 Å². The quantitative estimate of drug-likeness (QED) is 0.387. The van der Waals surface area contributed by atoms with Crippen molar-refractivity contribution in [1.82, 2.24) is 24.8 Å². The Labute approximate surface area is 221 Å². The van der Waals surface area contributed by atoms with E-state index in [9.17, 15) is 4.79 Å². The smallest absolute Gasteiger partial charge is 0.255 e. The van der Waals surface area contributed by atoms with E-state index in [1.165, 1.54) is 4.90 Å². The van der Waals surface area contributed by atoms with Crippen molar-refractivity contribution < 1.29 is 8.91 Å². The van der Waals surface area contributed by atoms with Crippen molar-refractivity contribution in [1.29, 1.82) is 0 Å². The molecule has 37 heavy (non-hydrogen) atoms. The van der Waals surface area contributed by atoms with Crippen LogP contribution in [0.4, 0.5) is 17.3 Å². The lowest BCUT2D eigenvalue weighted by molar-refractivity contribution is 0.102. The first kappa shape index (κ1) is 21.0. The Morgan fingerprint density at radius 1 is 1.03 bits per heavy atom. The highest BCUT2D eigenvalue weighted by Crippen LogP contribution is 2.24. The van der Waals surface area contributed by atoms with E-state index >= 15 is 0 Å². The molecule has 0 saturated carbocycles. The maximum atomic E-state index is 12.9. The van der Waals surface area contributed by atoms with Gasteiger partial charge in [-0.15, -0.1) is 0 Å². The van der Waals surface area contributed by atoms with Crippen LogP contribution >= 0.6 is 0 Å². The number of anilines is 3. The van der Waals surface area contributed by atoms with Gasteiger partial charge in [-0.2, -0.15) is 0 Å². The van der Waals surface area contributed by atoms with Crippen LogP contribution in [0.1, 0.15) is 25.6 Å². The molecule has 188 valence electrons. The van der Waals surface area contributed by atoms with Crippen LogP contribution in [0, 0.1) is 6.92 Å². The molecular weight excluding hydrogens is 462 g/mol. The molecule has 8 nitrogen and oxygen atoms in total. The topological polar surface area (TPSA) is 86.3 Å². The molecule has 2 N–H and O–H groups in total. The van der Waals surface area contributed by atoms with Crippen LogP contribution in [0.3, 0.4) is 0 Å². The van der Waals surface area contributed by atoms with Crippen molar-refractivity contribution in [2.75, 3.05) is 43.8 Å². The van der Waals surface area contributed by atoms with Gasteiger partial charge in [0.25, 0.3) is 5.91 Å². The molecule has 8 heteroatoms. The number of hydrogen-bond donors (Lipinski definition) is 2. The molecule has 3 heterocycles. The predicted molar refractivity (Wildman–Crippen MR) is 147 cm³/mol.